The van der Waals surface area contributed by atoms with Crippen LogP contribution >= 0.6 is 15.9 Å². The molecular weight excluding hydrogens is 306 g/mol. The van der Waals surface area contributed by atoms with Crippen LogP contribution in [0.2, 0.25) is 0 Å². The van der Waals surface area contributed by atoms with E-state index in [1.54, 1.807) is 6.20 Å². The molecule has 1 aromatic heterocycles. The molecule has 1 atom stereocenters. The Kier molecular flexibility index (Phi) is 4.32. The van der Waals surface area contributed by atoms with Gasteiger partial charge >= 0.3 is 5.97 Å². The van der Waals surface area contributed by atoms with E-state index in [0.29, 0.717) is 6.42 Å². The number of aliphatic carboxylic acids is 1. The fourth-order valence-corrected chi connectivity index (χ4v) is 2.41. The number of pyridine rings is 1. The van der Waals surface area contributed by atoms with Crippen LogP contribution in [0.3, 0.4) is 0 Å². The molecule has 0 saturated carbocycles. The molecule has 0 spiro atoms. The summed E-state index contributed by atoms with van der Waals surface area (Å²) in [6.45, 7) is 1.95. The molecular formula is C15H14BrNO2. The van der Waals surface area contributed by atoms with Crippen molar-refractivity contribution in [1.29, 1.82) is 0 Å². The molecule has 1 aromatic carbocycles. The van der Waals surface area contributed by atoms with Crippen LogP contribution in [-0.2, 0) is 11.2 Å². The number of hydrogen-bond donors (Lipinski definition) is 1. The normalized spacial score (nSPS) is 12.1. The maximum Gasteiger partial charge on any atom is 0.311 e. The highest BCUT2D eigenvalue weighted by atomic mass is 79.9. The van der Waals surface area contributed by atoms with E-state index >= 15 is 0 Å². The summed E-state index contributed by atoms with van der Waals surface area (Å²) in [5.74, 6) is -1.41. The van der Waals surface area contributed by atoms with Gasteiger partial charge in [-0.2, -0.15) is 0 Å². The average molecular weight is 320 g/mol. The van der Waals surface area contributed by atoms with Gasteiger partial charge in [0.25, 0.3) is 0 Å². The summed E-state index contributed by atoms with van der Waals surface area (Å²) >= 11 is 3.37. The van der Waals surface area contributed by atoms with Crippen LogP contribution in [0.4, 0.5) is 0 Å². The molecule has 3 nitrogen and oxygen atoms in total. The van der Waals surface area contributed by atoms with Crippen molar-refractivity contribution in [3.8, 4) is 0 Å². The average Bonchev–Trinajstić information content (AvgIpc) is 2.37. The van der Waals surface area contributed by atoms with E-state index in [0.717, 1.165) is 21.3 Å². The zero-order chi connectivity index (χ0) is 13.8. The van der Waals surface area contributed by atoms with Gasteiger partial charge in [-0.25, -0.2) is 0 Å². The van der Waals surface area contributed by atoms with E-state index in [2.05, 4.69) is 20.9 Å². The standard InChI is InChI=1S/C15H14BrNO2/c1-10-4-3-7-17-14(10)9-13(15(18)19)11-5-2-6-12(16)8-11/h2-8,13H,9H2,1H3,(H,18,19). The number of carboxylic acid groups (broad SMARTS) is 1. The van der Waals surface area contributed by atoms with Crippen molar-refractivity contribution >= 4 is 21.9 Å². The number of hydrogen-bond acceptors (Lipinski definition) is 2. The Hall–Kier alpha value is -1.68. The van der Waals surface area contributed by atoms with E-state index in [1.165, 1.54) is 0 Å². The molecule has 0 radical (unpaired) electrons. The van der Waals surface area contributed by atoms with Gasteiger partial charge in [-0.1, -0.05) is 34.1 Å². The molecule has 2 aromatic rings. The number of aromatic nitrogens is 1. The molecule has 0 saturated heterocycles. The lowest BCUT2D eigenvalue weighted by Crippen LogP contribution is -2.15. The smallest absolute Gasteiger partial charge is 0.311 e. The second-order valence-corrected chi connectivity index (χ2v) is 5.33. The first-order chi connectivity index (χ1) is 9.08. The van der Waals surface area contributed by atoms with E-state index < -0.39 is 11.9 Å². The number of benzene rings is 1. The Morgan fingerprint density at radius 1 is 1.37 bits per heavy atom. The second kappa shape index (κ2) is 5.97. The van der Waals surface area contributed by atoms with Gasteiger partial charge in [0, 0.05) is 22.8 Å². The molecule has 19 heavy (non-hydrogen) atoms. The predicted molar refractivity (Wildman–Crippen MR) is 77.2 cm³/mol. The van der Waals surface area contributed by atoms with Crippen molar-refractivity contribution < 1.29 is 9.90 Å². The highest BCUT2D eigenvalue weighted by Crippen LogP contribution is 2.24. The molecule has 4 heteroatoms. The SMILES string of the molecule is Cc1cccnc1CC(C(=O)O)c1cccc(Br)c1. The Morgan fingerprint density at radius 3 is 2.79 bits per heavy atom. The summed E-state index contributed by atoms with van der Waals surface area (Å²) in [5, 5.41) is 9.43. The third kappa shape index (κ3) is 3.41. The minimum absolute atomic E-state index is 0.401. The summed E-state index contributed by atoms with van der Waals surface area (Å²) in [5.41, 5.74) is 2.63. The number of rotatable bonds is 4. The fraction of sp³-hybridized carbons (Fsp3) is 0.200. The van der Waals surface area contributed by atoms with Crippen LogP contribution in [0.15, 0.2) is 47.1 Å². The van der Waals surface area contributed by atoms with E-state index in [-0.39, 0.29) is 0 Å². The lowest BCUT2D eigenvalue weighted by Gasteiger charge is -2.14. The highest BCUT2D eigenvalue weighted by Gasteiger charge is 2.21. The number of halogens is 1. The Bertz CT molecular complexity index is 598. The van der Waals surface area contributed by atoms with Crippen LogP contribution in [-0.4, -0.2) is 16.1 Å². The first-order valence-corrected chi connectivity index (χ1v) is 6.76. The molecule has 0 aliphatic heterocycles. The third-order valence-corrected chi connectivity index (χ3v) is 3.56. The maximum absolute atomic E-state index is 11.5. The third-order valence-electron chi connectivity index (χ3n) is 3.06. The molecule has 98 valence electrons. The predicted octanol–water partition coefficient (Wildman–Crippen LogP) is 3.56. The highest BCUT2D eigenvalue weighted by molar-refractivity contribution is 9.10. The Balaban J connectivity index is 2.32. The van der Waals surface area contributed by atoms with Crippen LogP contribution < -0.4 is 0 Å². The van der Waals surface area contributed by atoms with Gasteiger partial charge in [-0.05, 0) is 36.2 Å². The summed E-state index contributed by atoms with van der Waals surface area (Å²) in [6, 6.07) is 11.2. The lowest BCUT2D eigenvalue weighted by molar-refractivity contribution is -0.138. The van der Waals surface area contributed by atoms with Crippen molar-refractivity contribution in [1.82, 2.24) is 4.98 Å². The van der Waals surface area contributed by atoms with Gasteiger partial charge in [0.2, 0.25) is 0 Å². The van der Waals surface area contributed by atoms with Crippen LogP contribution in [0.25, 0.3) is 0 Å². The summed E-state index contributed by atoms with van der Waals surface area (Å²) in [7, 11) is 0. The first-order valence-electron chi connectivity index (χ1n) is 5.96. The van der Waals surface area contributed by atoms with Crippen molar-refractivity contribution in [3.05, 3.63) is 63.9 Å². The molecule has 0 amide bonds. The number of aryl methyl sites for hydroxylation is 1. The maximum atomic E-state index is 11.5. The summed E-state index contributed by atoms with van der Waals surface area (Å²) < 4.78 is 0.883. The largest absolute Gasteiger partial charge is 0.481 e. The minimum atomic E-state index is -0.830. The quantitative estimate of drug-likeness (QED) is 0.937. The fourth-order valence-electron chi connectivity index (χ4n) is 2.00. The van der Waals surface area contributed by atoms with Gasteiger partial charge in [-0.15, -0.1) is 0 Å². The molecule has 1 N–H and O–H groups in total. The van der Waals surface area contributed by atoms with Crippen molar-refractivity contribution in [2.24, 2.45) is 0 Å². The van der Waals surface area contributed by atoms with Gasteiger partial charge in [0.05, 0.1) is 5.92 Å². The second-order valence-electron chi connectivity index (χ2n) is 4.42. The van der Waals surface area contributed by atoms with Crippen LogP contribution in [0, 0.1) is 6.92 Å². The Labute approximate surface area is 120 Å². The van der Waals surface area contributed by atoms with Gasteiger partial charge in [0.15, 0.2) is 0 Å². The van der Waals surface area contributed by atoms with Crippen molar-refractivity contribution in [2.75, 3.05) is 0 Å². The monoisotopic (exact) mass is 319 g/mol. The molecule has 1 unspecified atom stereocenters. The zero-order valence-electron chi connectivity index (χ0n) is 10.5. The van der Waals surface area contributed by atoms with Crippen LogP contribution in [0.1, 0.15) is 22.7 Å². The van der Waals surface area contributed by atoms with Crippen molar-refractivity contribution in [3.63, 3.8) is 0 Å². The first kappa shape index (κ1) is 13.7. The minimum Gasteiger partial charge on any atom is -0.481 e. The molecule has 0 bridgehead atoms. The topological polar surface area (TPSA) is 50.2 Å². The van der Waals surface area contributed by atoms with Crippen molar-refractivity contribution in [2.45, 2.75) is 19.3 Å². The molecule has 0 fully saturated rings. The van der Waals surface area contributed by atoms with E-state index in [1.807, 2.05) is 43.3 Å². The van der Waals surface area contributed by atoms with E-state index in [4.69, 9.17) is 0 Å². The lowest BCUT2D eigenvalue weighted by atomic mass is 9.93. The zero-order valence-corrected chi connectivity index (χ0v) is 12.1. The molecule has 1 heterocycles. The van der Waals surface area contributed by atoms with Gasteiger partial charge < -0.3 is 5.11 Å². The Morgan fingerprint density at radius 2 is 2.16 bits per heavy atom. The summed E-state index contributed by atoms with van der Waals surface area (Å²) in [6.07, 6.45) is 2.10. The van der Waals surface area contributed by atoms with E-state index in [9.17, 15) is 9.90 Å². The molecule has 0 aliphatic rings. The number of nitrogens with zero attached hydrogens (tertiary/aromatic N) is 1. The van der Waals surface area contributed by atoms with Gasteiger partial charge in [-0.3, -0.25) is 9.78 Å². The van der Waals surface area contributed by atoms with Crippen LogP contribution in [0.5, 0.6) is 0 Å². The molecule has 2 rings (SSSR count). The summed E-state index contributed by atoms with van der Waals surface area (Å²) in [4.78, 5) is 15.8. The van der Waals surface area contributed by atoms with Gasteiger partial charge in [0.1, 0.15) is 0 Å². The number of carbonyl (C=O) groups is 1. The molecule has 0 aliphatic carbocycles. The number of carboxylic acids is 1.